The molecule has 124 valence electrons. The molecular formula is C16H17N5O2S. The molecule has 1 aromatic carbocycles. The second-order valence-corrected chi connectivity index (χ2v) is 6.74. The van der Waals surface area contributed by atoms with E-state index >= 15 is 0 Å². The predicted molar refractivity (Wildman–Crippen MR) is 95.0 cm³/mol. The first kappa shape index (κ1) is 14.9. The highest BCUT2D eigenvalue weighted by Crippen LogP contribution is 2.33. The third kappa shape index (κ3) is 2.69. The van der Waals surface area contributed by atoms with Gasteiger partial charge in [-0.15, -0.1) is 0 Å². The van der Waals surface area contributed by atoms with Crippen molar-refractivity contribution < 1.29 is 4.92 Å². The number of fused-ring (bicyclic) bond motifs is 1. The van der Waals surface area contributed by atoms with Gasteiger partial charge in [0.25, 0.3) is 4.96 Å². The second kappa shape index (κ2) is 6.12. The van der Waals surface area contributed by atoms with Crippen molar-refractivity contribution in [3.05, 3.63) is 52.0 Å². The zero-order valence-corrected chi connectivity index (χ0v) is 13.8. The van der Waals surface area contributed by atoms with Gasteiger partial charge in [0.15, 0.2) is 0 Å². The lowest BCUT2D eigenvalue weighted by molar-refractivity contribution is -0.389. The lowest BCUT2D eigenvalue weighted by Crippen LogP contribution is -2.42. The summed E-state index contributed by atoms with van der Waals surface area (Å²) in [5.41, 5.74) is 1.07. The molecule has 0 bridgehead atoms. The number of rotatable bonds is 4. The van der Waals surface area contributed by atoms with Crippen LogP contribution < -0.4 is 10.2 Å². The van der Waals surface area contributed by atoms with Crippen molar-refractivity contribution in [2.45, 2.75) is 18.9 Å². The molecule has 1 saturated heterocycles. The number of hydrogen-bond donors (Lipinski definition) is 1. The number of hydrogen-bond acceptors (Lipinski definition) is 6. The largest absolute Gasteiger partial charge is 0.381 e. The highest BCUT2D eigenvalue weighted by Gasteiger charge is 2.31. The third-order valence-electron chi connectivity index (χ3n) is 4.26. The Kier molecular flexibility index (Phi) is 3.81. The minimum absolute atomic E-state index is 0.0617. The fourth-order valence-corrected chi connectivity index (χ4v) is 3.91. The Bertz CT molecular complexity index is 860. The van der Waals surface area contributed by atoms with Crippen molar-refractivity contribution in [3.63, 3.8) is 0 Å². The van der Waals surface area contributed by atoms with Crippen LogP contribution in [0.1, 0.15) is 12.8 Å². The van der Waals surface area contributed by atoms with Gasteiger partial charge < -0.3 is 20.3 Å². The average molecular weight is 343 g/mol. The molecule has 0 radical (unpaired) electrons. The molecule has 0 saturated carbocycles. The van der Waals surface area contributed by atoms with Gasteiger partial charge in [-0.25, -0.2) is 0 Å². The van der Waals surface area contributed by atoms with Crippen LogP contribution in [-0.4, -0.2) is 33.4 Å². The van der Waals surface area contributed by atoms with Gasteiger partial charge in [0.1, 0.15) is 6.20 Å². The predicted octanol–water partition coefficient (Wildman–Crippen LogP) is 3.38. The molecule has 1 aliphatic heterocycles. The van der Waals surface area contributed by atoms with Crippen LogP contribution in [-0.2, 0) is 0 Å². The fourth-order valence-electron chi connectivity index (χ4n) is 3.20. The van der Waals surface area contributed by atoms with E-state index in [4.69, 9.17) is 0 Å². The first-order chi connectivity index (χ1) is 11.7. The van der Waals surface area contributed by atoms with Crippen LogP contribution in [0, 0.1) is 10.1 Å². The molecule has 2 aromatic heterocycles. The normalized spacial score (nSPS) is 18.0. The number of para-hydroxylation sites is 1. The first-order valence-electron chi connectivity index (χ1n) is 7.89. The molecule has 1 unspecified atom stereocenters. The van der Waals surface area contributed by atoms with Gasteiger partial charge >= 0.3 is 5.82 Å². The number of aromatic nitrogens is 2. The van der Waals surface area contributed by atoms with Crippen molar-refractivity contribution in [1.29, 1.82) is 0 Å². The van der Waals surface area contributed by atoms with E-state index in [1.807, 2.05) is 40.6 Å². The summed E-state index contributed by atoms with van der Waals surface area (Å²) in [6.07, 6.45) is 3.73. The number of benzene rings is 1. The van der Waals surface area contributed by atoms with Crippen LogP contribution >= 0.6 is 11.3 Å². The van der Waals surface area contributed by atoms with E-state index in [0.717, 1.165) is 25.1 Å². The zero-order valence-electron chi connectivity index (χ0n) is 13.0. The summed E-state index contributed by atoms with van der Waals surface area (Å²) in [7, 11) is 0. The molecule has 1 N–H and O–H groups in total. The number of anilines is 2. The van der Waals surface area contributed by atoms with Crippen molar-refractivity contribution in [2.24, 2.45) is 0 Å². The summed E-state index contributed by atoms with van der Waals surface area (Å²) in [5, 5.41) is 16.8. The summed E-state index contributed by atoms with van der Waals surface area (Å²) in [6.45, 7) is 1.50. The van der Waals surface area contributed by atoms with Crippen molar-refractivity contribution >= 4 is 33.6 Å². The van der Waals surface area contributed by atoms with Gasteiger partial charge in [0.2, 0.25) is 5.82 Å². The summed E-state index contributed by atoms with van der Waals surface area (Å²) in [4.78, 5) is 18.4. The maximum absolute atomic E-state index is 11.5. The Morgan fingerprint density at radius 1 is 1.33 bits per heavy atom. The number of imidazole rings is 1. The molecular weight excluding hydrogens is 326 g/mol. The number of thiazole rings is 1. The van der Waals surface area contributed by atoms with Crippen LogP contribution in [0.4, 0.5) is 17.3 Å². The topological polar surface area (TPSA) is 75.7 Å². The molecule has 1 fully saturated rings. The SMILES string of the molecule is O=[N+]([O-])c1c(N2CCCC(Nc3ccccc3)C2)nc2sccn12. The molecule has 24 heavy (non-hydrogen) atoms. The van der Waals surface area contributed by atoms with Gasteiger partial charge in [-0.3, -0.25) is 0 Å². The molecule has 1 atom stereocenters. The third-order valence-corrected chi connectivity index (χ3v) is 5.01. The Hall–Kier alpha value is -2.61. The quantitative estimate of drug-likeness (QED) is 0.580. The van der Waals surface area contributed by atoms with Crippen molar-refractivity contribution in [3.8, 4) is 0 Å². The van der Waals surface area contributed by atoms with E-state index in [-0.39, 0.29) is 16.8 Å². The molecule has 0 aliphatic carbocycles. The number of nitrogens with zero attached hydrogens (tertiary/aromatic N) is 4. The molecule has 3 aromatic rings. The van der Waals surface area contributed by atoms with Gasteiger partial charge in [-0.1, -0.05) is 29.5 Å². The average Bonchev–Trinajstić information content (AvgIpc) is 3.16. The van der Waals surface area contributed by atoms with E-state index in [2.05, 4.69) is 10.3 Å². The van der Waals surface area contributed by atoms with Crippen LogP contribution in [0.2, 0.25) is 0 Å². The van der Waals surface area contributed by atoms with Crippen molar-refractivity contribution in [2.75, 3.05) is 23.3 Å². The summed E-state index contributed by atoms with van der Waals surface area (Å²) >= 11 is 1.41. The van der Waals surface area contributed by atoms with Gasteiger partial charge in [0, 0.05) is 30.2 Å². The van der Waals surface area contributed by atoms with E-state index in [1.165, 1.54) is 11.3 Å². The monoisotopic (exact) mass is 343 g/mol. The molecule has 3 heterocycles. The van der Waals surface area contributed by atoms with Crippen LogP contribution in [0.25, 0.3) is 4.96 Å². The van der Waals surface area contributed by atoms with Gasteiger partial charge in [-0.05, 0) is 29.9 Å². The van der Waals surface area contributed by atoms with E-state index in [1.54, 1.807) is 10.6 Å². The van der Waals surface area contributed by atoms with Gasteiger partial charge in [0.05, 0.1) is 0 Å². The molecule has 1 aliphatic rings. The standard InChI is InChI=1S/C16H17N5O2S/c22-21(23)15-14(18-16-20(15)9-10-24-16)19-8-4-7-13(11-19)17-12-5-2-1-3-6-12/h1-3,5-6,9-10,13,17H,4,7-8,11H2. The van der Waals surface area contributed by atoms with Crippen molar-refractivity contribution in [1.82, 2.24) is 9.38 Å². The Labute approximate surface area is 142 Å². The smallest absolute Gasteiger partial charge is 0.373 e. The Morgan fingerprint density at radius 3 is 2.96 bits per heavy atom. The highest BCUT2D eigenvalue weighted by molar-refractivity contribution is 7.15. The fraction of sp³-hybridized carbons (Fsp3) is 0.312. The van der Waals surface area contributed by atoms with Crippen LogP contribution in [0.5, 0.6) is 0 Å². The summed E-state index contributed by atoms with van der Waals surface area (Å²) in [6, 6.07) is 10.3. The van der Waals surface area contributed by atoms with Crippen LogP contribution in [0.3, 0.4) is 0 Å². The lowest BCUT2D eigenvalue weighted by atomic mass is 10.1. The molecule has 0 spiro atoms. The zero-order chi connectivity index (χ0) is 16.5. The molecule has 8 heteroatoms. The van der Waals surface area contributed by atoms with Gasteiger partial charge in [-0.2, -0.15) is 9.38 Å². The summed E-state index contributed by atoms with van der Waals surface area (Å²) in [5.74, 6) is 0.540. The van der Waals surface area contributed by atoms with E-state index in [0.29, 0.717) is 17.3 Å². The molecule has 4 rings (SSSR count). The maximum atomic E-state index is 11.5. The molecule has 7 nitrogen and oxygen atoms in total. The Morgan fingerprint density at radius 2 is 2.17 bits per heavy atom. The second-order valence-electron chi connectivity index (χ2n) is 5.87. The maximum Gasteiger partial charge on any atom is 0.373 e. The summed E-state index contributed by atoms with van der Waals surface area (Å²) < 4.78 is 1.56. The first-order valence-corrected chi connectivity index (χ1v) is 8.77. The minimum Gasteiger partial charge on any atom is -0.381 e. The van der Waals surface area contributed by atoms with Crippen LogP contribution in [0.15, 0.2) is 41.9 Å². The minimum atomic E-state index is -0.337. The number of nitro groups is 1. The highest BCUT2D eigenvalue weighted by atomic mass is 32.1. The van der Waals surface area contributed by atoms with E-state index in [9.17, 15) is 10.1 Å². The number of piperidine rings is 1. The molecule has 0 amide bonds. The number of nitrogens with one attached hydrogen (secondary N) is 1. The lowest BCUT2D eigenvalue weighted by Gasteiger charge is -2.33. The van der Waals surface area contributed by atoms with E-state index < -0.39 is 0 Å². The Balaban J connectivity index is 1.59.